The highest BCUT2D eigenvalue weighted by Gasteiger charge is 2.52. The number of nitrogens with zero attached hydrogens (tertiary/aromatic N) is 2. The Morgan fingerprint density at radius 1 is 1.14 bits per heavy atom. The molecule has 0 bridgehead atoms. The Labute approximate surface area is 156 Å². The minimum Gasteiger partial charge on any atom is -0.364 e. The molecule has 1 atom stereocenters. The van der Waals surface area contributed by atoms with Crippen molar-refractivity contribution >= 4 is 11.7 Å². The summed E-state index contributed by atoms with van der Waals surface area (Å²) in [6, 6.07) is 8.86. The molecule has 4 rings (SSSR count). The highest BCUT2D eigenvalue weighted by Crippen LogP contribution is 2.47. The van der Waals surface area contributed by atoms with Crippen LogP contribution in [0.3, 0.4) is 0 Å². The SMILES string of the molecule is O=C1N=C(NCC(F)F)c2ccc(C(F)(F)F)nc2[C@@]12CCc1ccccc12. The molecule has 1 spiro atoms. The maximum atomic E-state index is 13.3. The second kappa shape index (κ2) is 6.35. The van der Waals surface area contributed by atoms with E-state index in [1.165, 1.54) is 0 Å². The number of carbonyl (C=O) groups is 1. The zero-order valence-electron chi connectivity index (χ0n) is 14.4. The number of carbonyl (C=O) groups excluding carboxylic acids is 1. The van der Waals surface area contributed by atoms with Crippen LogP contribution < -0.4 is 5.32 Å². The lowest BCUT2D eigenvalue weighted by atomic mass is 9.74. The fourth-order valence-electron chi connectivity index (χ4n) is 3.88. The lowest BCUT2D eigenvalue weighted by Crippen LogP contribution is -2.44. The molecule has 1 aromatic heterocycles. The molecule has 2 heterocycles. The van der Waals surface area contributed by atoms with Gasteiger partial charge < -0.3 is 5.32 Å². The first-order valence-electron chi connectivity index (χ1n) is 8.56. The third kappa shape index (κ3) is 2.76. The molecule has 0 saturated carbocycles. The highest BCUT2D eigenvalue weighted by atomic mass is 19.4. The molecule has 1 N–H and O–H groups in total. The summed E-state index contributed by atoms with van der Waals surface area (Å²) in [5, 5.41) is 2.35. The third-order valence-electron chi connectivity index (χ3n) is 5.09. The maximum absolute atomic E-state index is 13.3. The van der Waals surface area contributed by atoms with Gasteiger partial charge in [0, 0.05) is 5.56 Å². The number of hydrogen-bond donors (Lipinski definition) is 1. The molecule has 9 heteroatoms. The van der Waals surface area contributed by atoms with E-state index in [-0.39, 0.29) is 23.5 Å². The first kappa shape index (κ1) is 18.5. The van der Waals surface area contributed by atoms with Gasteiger partial charge in [-0.3, -0.25) is 4.79 Å². The molecule has 146 valence electrons. The third-order valence-corrected chi connectivity index (χ3v) is 5.09. The van der Waals surface area contributed by atoms with E-state index in [2.05, 4.69) is 15.3 Å². The van der Waals surface area contributed by atoms with Crippen molar-refractivity contribution in [3.8, 4) is 0 Å². The smallest absolute Gasteiger partial charge is 0.364 e. The lowest BCUT2D eigenvalue weighted by Gasteiger charge is -2.33. The fourth-order valence-corrected chi connectivity index (χ4v) is 3.88. The number of pyridine rings is 1. The molecule has 2 aromatic rings. The van der Waals surface area contributed by atoms with Gasteiger partial charge in [0.1, 0.15) is 16.9 Å². The Hall–Kier alpha value is -2.84. The molecule has 0 radical (unpaired) electrons. The van der Waals surface area contributed by atoms with Crippen LogP contribution in [0.25, 0.3) is 0 Å². The van der Waals surface area contributed by atoms with E-state index in [0.29, 0.717) is 12.0 Å². The van der Waals surface area contributed by atoms with E-state index in [1.54, 1.807) is 24.3 Å². The van der Waals surface area contributed by atoms with Crippen LogP contribution in [0.2, 0.25) is 0 Å². The van der Waals surface area contributed by atoms with Gasteiger partial charge in [0.05, 0.1) is 12.2 Å². The summed E-state index contributed by atoms with van der Waals surface area (Å²) in [7, 11) is 0. The molecule has 1 aliphatic carbocycles. The van der Waals surface area contributed by atoms with E-state index in [4.69, 9.17) is 0 Å². The quantitative estimate of drug-likeness (QED) is 0.793. The number of halogens is 5. The molecule has 0 unspecified atom stereocenters. The number of alkyl halides is 5. The summed E-state index contributed by atoms with van der Waals surface area (Å²) < 4.78 is 65.1. The number of rotatable bonds is 2. The highest BCUT2D eigenvalue weighted by molar-refractivity contribution is 6.13. The van der Waals surface area contributed by atoms with Gasteiger partial charge in [0.15, 0.2) is 0 Å². The monoisotopic (exact) mass is 395 g/mol. The first-order chi connectivity index (χ1) is 13.2. The van der Waals surface area contributed by atoms with Crippen molar-refractivity contribution in [2.75, 3.05) is 6.54 Å². The van der Waals surface area contributed by atoms with Crippen LogP contribution in [0.4, 0.5) is 22.0 Å². The van der Waals surface area contributed by atoms with Crippen molar-refractivity contribution in [2.45, 2.75) is 30.9 Å². The molecular formula is C19H14F5N3O. The second-order valence-corrected chi connectivity index (χ2v) is 6.69. The Balaban J connectivity index is 1.93. The molecular weight excluding hydrogens is 381 g/mol. The Morgan fingerprint density at radius 3 is 2.61 bits per heavy atom. The summed E-state index contributed by atoms with van der Waals surface area (Å²) in [5.41, 5.74) is -1.15. The number of benzene rings is 1. The van der Waals surface area contributed by atoms with Crippen LogP contribution in [-0.2, 0) is 22.8 Å². The van der Waals surface area contributed by atoms with Crippen LogP contribution in [0.1, 0.15) is 34.5 Å². The minimum atomic E-state index is -4.71. The molecule has 0 saturated heterocycles. The van der Waals surface area contributed by atoms with Crippen LogP contribution in [0, 0.1) is 0 Å². The van der Waals surface area contributed by atoms with Gasteiger partial charge >= 0.3 is 6.18 Å². The predicted octanol–water partition coefficient (Wildman–Crippen LogP) is 3.47. The van der Waals surface area contributed by atoms with Crippen LogP contribution in [0.5, 0.6) is 0 Å². The van der Waals surface area contributed by atoms with Gasteiger partial charge in [0.2, 0.25) is 0 Å². The minimum absolute atomic E-state index is 0.0935. The number of aryl methyl sites for hydroxylation is 1. The summed E-state index contributed by atoms with van der Waals surface area (Å²) in [4.78, 5) is 20.7. The van der Waals surface area contributed by atoms with E-state index < -0.39 is 36.2 Å². The largest absolute Gasteiger partial charge is 0.433 e. The summed E-state index contributed by atoms with van der Waals surface area (Å²) in [5.74, 6) is -0.884. The molecule has 1 amide bonds. The average molecular weight is 395 g/mol. The molecule has 0 fully saturated rings. The van der Waals surface area contributed by atoms with E-state index in [9.17, 15) is 26.7 Å². The van der Waals surface area contributed by atoms with Gasteiger partial charge in [-0.2, -0.15) is 18.2 Å². The molecule has 1 aromatic carbocycles. The molecule has 2 aliphatic rings. The summed E-state index contributed by atoms with van der Waals surface area (Å²) in [6.07, 6.45) is -6.72. The Bertz CT molecular complexity index is 986. The number of aromatic nitrogens is 1. The van der Waals surface area contributed by atoms with Gasteiger partial charge in [0.25, 0.3) is 12.3 Å². The normalized spacial score (nSPS) is 20.9. The molecule has 1 aliphatic heterocycles. The van der Waals surface area contributed by atoms with Crippen LogP contribution >= 0.6 is 0 Å². The number of fused-ring (bicyclic) bond motifs is 4. The van der Waals surface area contributed by atoms with Crippen molar-refractivity contribution in [1.82, 2.24) is 10.3 Å². The van der Waals surface area contributed by atoms with Crippen molar-refractivity contribution in [3.63, 3.8) is 0 Å². The second-order valence-electron chi connectivity index (χ2n) is 6.69. The average Bonchev–Trinajstić information content (AvgIpc) is 3.03. The standard InChI is InChI=1S/C19H14F5N3O/c20-14(21)9-25-16-11-5-6-13(19(22,23)24)26-15(11)18(17(28)27-16)8-7-10-3-1-2-4-12(10)18/h1-6,14H,7-9H2,(H,25,27,28)/t18-/m0/s1. The molecule has 28 heavy (non-hydrogen) atoms. The number of nitrogens with one attached hydrogen (secondary N) is 1. The fraction of sp³-hybridized carbons (Fsp3) is 0.316. The predicted molar refractivity (Wildman–Crippen MR) is 90.3 cm³/mol. The van der Waals surface area contributed by atoms with Crippen LogP contribution in [-0.4, -0.2) is 29.7 Å². The zero-order valence-corrected chi connectivity index (χ0v) is 14.4. The summed E-state index contributed by atoms with van der Waals surface area (Å²) in [6.45, 7) is -0.782. The van der Waals surface area contributed by atoms with Gasteiger partial charge in [-0.05, 0) is 36.1 Å². The van der Waals surface area contributed by atoms with Gasteiger partial charge in [-0.1, -0.05) is 24.3 Å². The first-order valence-corrected chi connectivity index (χ1v) is 8.56. The number of hydrogen-bond acceptors (Lipinski definition) is 3. The van der Waals surface area contributed by atoms with Crippen molar-refractivity contribution in [3.05, 3.63) is 64.5 Å². The van der Waals surface area contributed by atoms with E-state index in [1.807, 2.05) is 0 Å². The number of amidine groups is 1. The van der Waals surface area contributed by atoms with Gasteiger partial charge in [-0.25, -0.2) is 13.8 Å². The van der Waals surface area contributed by atoms with E-state index in [0.717, 1.165) is 17.7 Å². The molecule has 4 nitrogen and oxygen atoms in total. The van der Waals surface area contributed by atoms with Crippen LogP contribution in [0.15, 0.2) is 41.4 Å². The maximum Gasteiger partial charge on any atom is 0.433 e. The van der Waals surface area contributed by atoms with Crippen molar-refractivity contribution < 1.29 is 26.7 Å². The van der Waals surface area contributed by atoms with Crippen molar-refractivity contribution in [1.29, 1.82) is 0 Å². The summed E-state index contributed by atoms with van der Waals surface area (Å²) >= 11 is 0. The zero-order chi connectivity index (χ0) is 20.1. The Morgan fingerprint density at radius 2 is 1.89 bits per heavy atom. The number of amides is 1. The lowest BCUT2D eigenvalue weighted by molar-refractivity contribution is -0.141. The Kier molecular flexibility index (Phi) is 4.20. The van der Waals surface area contributed by atoms with E-state index >= 15 is 0 Å². The number of aliphatic imine (C=N–C) groups is 1. The topological polar surface area (TPSA) is 54.4 Å². The van der Waals surface area contributed by atoms with Gasteiger partial charge in [-0.15, -0.1) is 0 Å². The van der Waals surface area contributed by atoms with Crippen molar-refractivity contribution in [2.24, 2.45) is 4.99 Å².